The minimum atomic E-state index is 0.732. The van der Waals surface area contributed by atoms with Gasteiger partial charge in [0.25, 0.3) is 0 Å². The number of nitrogens with zero attached hydrogens (tertiary/aromatic N) is 2. The predicted molar refractivity (Wildman–Crippen MR) is 78.3 cm³/mol. The van der Waals surface area contributed by atoms with E-state index >= 15 is 0 Å². The fraction of sp³-hybridized carbons (Fsp3) is 0.312. The first-order chi connectivity index (χ1) is 9.81. The van der Waals surface area contributed by atoms with Crippen molar-refractivity contribution < 1.29 is 4.42 Å². The zero-order valence-electron chi connectivity index (χ0n) is 11.5. The van der Waals surface area contributed by atoms with Gasteiger partial charge in [-0.3, -0.25) is 0 Å². The summed E-state index contributed by atoms with van der Waals surface area (Å²) in [5.41, 5.74) is 3.46. The second kappa shape index (κ2) is 4.49. The number of aromatic nitrogens is 2. The van der Waals surface area contributed by atoms with Crippen molar-refractivity contribution in [2.45, 2.75) is 25.4 Å². The number of aryl methyl sites for hydroxylation is 1. The van der Waals surface area contributed by atoms with Crippen LogP contribution >= 0.6 is 0 Å². The minimum absolute atomic E-state index is 0.732. The summed E-state index contributed by atoms with van der Waals surface area (Å²) in [5.74, 6) is 1.68. The average Bonchev–Trinajstić information content (AvgIpc) is 3.02. The van der Waals surface area contributed by atoms with Gasteiger partial charge >= 0.3 is 0 Å². The van der Waals surface area contributed by atoms with Gasteiger partial charge in [0.1, 0.15) is 0 Å². The predicted octanol–water partition coefficient (Wildman–Crippen LogP) is 3.09. The van der Waals surface area contributed by atoms with Gasteiger partial charge in [0.15, 0.2) is 11.6 Å². The zero-order chi connectivity index (χ0) is 13.5. The van der Waals surface area contributed by atoms with Gasteiger partial charge in [0.2, 0.25) is 0 Å². The highest BCUT2D eigenvalue weighted by Crippen LogP contribution is 2.25. The third-order valence-corrected chi connectivity index (χ3v) is 3.86. The molecule has 0 spiro atoms. The Labute approximate surface area is 117 Å². The lowest BCUT2D eigenvalue weighted by Crippen LogP contribution is -2.15. The maximum Gasteiger partial charge on any atom is 0.176 e. The summed E-state index contributed by atoms with van der Waals surface area (Å²) >= 11 is 0. The number of imidazole rings is 1. The van der Waals surface area contributed by atoms with Crippen LogP contribution in [0.4, 0.5) is 0 Å². The molecule has 3 aromatic rings. The van der Waals surface area contributed by atoms with E-state index in [0.29, 0.717) is 0 Å². The molecule has 1 N–H and O–H groups in total. The number of hydrogen-bond acceptors (Lipinski definition) is 3. The number of nitrogens with one attached hydrogen (secondary N) is 1. The smallest absolute Gasteiger partial charge is 0.176 e. The third-order valence-electron chi connectivity index (χ3n) is 3.86. The van der Waals surface area contributed by atoms with E-state index < -0.39 is 0 Å². The molecular formula is C16H17N3O. The average molecular weight is 267 g/mol. The normalized spacial score (nSPS) is 15.1. The molecule has 1 fully saturated rings. The van der Waals surface area contributed by atoms with Crippen LogP contribution in [0.15, 0.2) is 41.0 Å². The van der Waals surface area contributed by atoms with Gasteiger partial charge in [-0.1, -0.05) is 6.07 Å². The maximum absolute atomic E-state index is 5.45. The molecule has 102 valence electrons. The number of hydrogen-bond donors (Lipinski definition) is 1. The van der Waals surface area contributed by atoms with Crippen LogP contribution in [0.25, 0.3) is 22.6 Å². The fourth-order valence-corrected chi connectivity index (χ4v) is 2.52. The van der Waals surface area contributed by atoms with Gasteiger partial charge in [-0.2, -0.15) is 0 Å². The Morgan fingerprint density at radius 1 is 1.35 bits per heavy atom. The molecule has 0 saturated heterocycles. The second-order valence-corrected chi connectivity index (χ2v) is 5.45. The van der Waals surface area contributed by atoms with Crippen LogP contribution in [-0.2, 0) is 13.6 Å². The quantitative estimate of drug-likeness (QED) is 0.790. The molecule has 0 amide bonds. The lowest BCUT2D eigenvalue weighted by atomic mass is 10.2. The lowest BCUT2D eigenvalue weighted by molar-refractivity contribution is 0.574. The molecule has 1 saturated carbocycles. The van der Waals surface area contributed by atoms with Gasteiger partial charge in [-0.25, -0.2) is 4.98 Å². The van der Waals surface area contributed by atoms with Crippen molar-refractivity contribution in [2.75, 3.05) is 0 Å². The Hall–Kier alpha value is -2.07. The van der Waals surface area contributed by atoms with Crippen molar-refractivity contribution in [2.24, 2.45) is 7.05 Å². The Morgan fingerprint density at radius 3 is 3.00 bits per heavy atom. The van der Waals surface area contributed by atoms with E-state index in [4.69, 9.17) is 4.42 Å². The molecule has 20 heavy (non-hydrogen) atoms. The summed E-state index contributed by atoms with van der Waals surface area (Å²) in [7, 11) is 2.03. The van der Waals surface area contributed by atoms with Crippen molar-refractivity contribution in [1.29, 1.82) is 0 Å². The van der Waals surface area contributed by atoms with Crippen molar-refractivity contribution in [3.8, 4) is 11.6 Å². The van der Waals surface area contributed by atoms with Gasteiger partial charge in [0.05, 0.1) is 17.3 Å². The first-order valence-corrected chi connectivity index (χ1v) is 7.04. The summed E-state index contributed by atoms with van der Waals surface area (Å²) < 4.78 is 7.54. The second-order valence-electron chi connectivity index (χ2n) is 5.45. The summed E-state index contributed by atoms with van der Waals surface area (Å²) in [4.78, 5) is 4.65. The van der Waals surface area contributed by atoms with E-state index in [9.17, 15) is 0 Å². The Kier molecular flexibility index (Phi) is 2.63. The Morgan fingerprint density at radius 2 is 2.25 bits per heavy atom. The molecule has 4 rings (SSSR count). The molecule has 1 aliphatic rings. The maximum atomic E-state index is 5.45. The van der Waals surface area contributed by atoms with Gasteiger partial charge < -0.3 is 14.3 Å². The molecule has 0 aliphatic heterocycles. The number of furan rings is 1. The summed E-state index contributed by atoms with van der Waals surface area (Å²) in [6, 6.07) is 11.0. The first kappa shape index (κ1) is 11.7. The standard InChI is InChI=1S/C16H17N3O/c1-19-14-9-11(10-17-12-5-6-12)4-7-13(14)18-16(19)15-3-2-8-20-15/h2-4,7-9,12,17H,5-6,10H2,1H3. The molecule has 2 aromatic heterocycles. The van der Waals surface area contributed by atoms with E-state index in [0.717, 1.165) is 35.2 Å². The molecule has 0 atom stereocenters. The highest BCUT2D eigenvalue weighted by atomic mass is 16.3. The van der Waals surface area contributed by atoms with E-state index in [1.807, 2.05) is 19.2 Å². The summed E-state index contributed by atoms with van der Waals surface area (Å²) in [5, 5.41) is 3.54. The topological polar surface area (TPSA) is 43.0 Å². The number of fused-ring (bicyclic) bond motifs is 1. The fourth-order valence-electron chi connectivity index (χ4n) is 2.52. The molecule has 4 heteroatoms. The van der Waals surface area contributed by atoms with E-state index in [1.54, 1.807) is 6.26 Å². The number of rotatable bonds is 4. The molecule has 0 bridgehead atoms. The first-order valence-electron chi connectivity index (χ1n) is 7.04. The molecule has 0 radical (unpaired) electrons. The largest absolute Gasteiger partial charge is 0.461 e. The zero-order valence-corrected chi connectivity index (χ0v) is 11.5. The van der Waals surface area contributed by atoms with Crippen LogP contribution < -0.4 is 5.32 Å². The van der Waals surface area contributed by atoms with Crippen LogP contribution in [0.3, 0.4) is 0 Å². The van der Waals surface area contributed by atoms with E-state index in [1.165, 1.54) is 18.4 Å². The molecule has 1 aliphatic carbocycles. The molecule has 1 aromatic carbocycles. The van der Waals surface area contributed by atoms with Gasteiger partial charge in [-0.05, 0) is 42.7 Å². The molecule has 4 nitrogen and oxygen atoms in total. The molecular weight excluding hydrogens is 250 g/mol. The Balaban J connectivity index is 1.71. The third kappa shape index (κ3) is 2.02. The van der Waals surface area contributed by atoms with E-state index in [-0.39, 0.29) is 0 Å². The van der Waals surface area contributed by atoms with E-state index in [2.05, 4.69) is 33.1 Å². The van der Waals surface area contributed by atoms with Crippen LogP contribution in [0.1, 0.15) is 18.4 Å². The molecule has 2 heterocycles. The SMILES string of the molecule is Cn1c(-c2ccco2)nc2ccc(CNC3CC3)cc21. The van der Waals surface area contributed by atoms with Crippen molar-refractivity contribution in [3.63, 3.8) is 0 Å². The van der Waals surface area contributed by atoms with Gasteiger partial charge in [-0.15, -0.1) is 0 Å². The minimum Gasteiger partial charge on any atom is -0.461 e. The lowest BCUT2D eigenvalue weighted by Gasteiger charge is -2.04. The van der Waals surface area contributed by atoms with Crippen LogP contribution in [0.5, 0.6) is 0 Å². The number of benzene rings is 1. The highest BCUT2D eigenvalue weighted by Gasteiger charge is 2.20. The van der Waals surface area contributed by atoms with Crippen molar-refractivity contribution >= 4 is 11.0 Å². The van der Waals surface area contributed by atoms with Crippen LogP contribution in [-0.4, -0.2) is 15.6 Å². The summed E-state index contributed by atoms with van der Waals surface area (Å²) in [6.07, 6.45) is 4.31. The van der Waals surface area contributed by atoms with Crippen LogP contribution in [0.2, 0.25) is 0 Å². The van der Waals surface area contributed by atoms with Crippen molar-refractivity contribution in [1.82, 2.24) is 14.9 Å². The highest BCUT2D eigenvalue weighted by molar-refractivity contribution is 5.80. The Bertz CT molecular complexity index is 739. The summed E-state index contributed by atoms with van der Waals surface area (Å²) in [6.45, 7) is 0.932. The monoisotopic (exact) mass is 267 g/mol. The van der Waals surface area contributed by atoms with Crippen LogP contribution in [0, 0.1) is 0 Å². The molecule has 0 unspecified atom stereocenters. The van der Waals surface area contributed by atoms with Gasteiger partial charge in [0, 0.05) is 19.6 Å². The van der Waals surface area contributed by atoms with Crippen molar-refractivity contribution in [3.05, 3.63) is 42.2 Å².